The van der Waals surface area contributed by atoms with Gasteiger partial charge in [-0.3, -0.25) is 20.4 Å². The van der Waals surface area contributed by atoms with Crippen molar-refractivity contribution in [2.24, 2.45) is 5.92 Å². The van der Waals surface area contributed by atoms with E-state index < -0.39 is 41.5 Å². The first-order valence-electron chi connectivity index (χ1n) is 8.85. The van der Waals surface area contributed by atoms with Crippen LogP contribution >= 0.6 is 15.9 Å². The molecule has 9 heteroatoms. The van der Waals surface area contributed by atoms with E-state index in [1.54, 1.807) is 24.3 Å². The van der Waals surface area contributed by atoms with Crippen LogP contribution in [0.5, 0.6) is 5.75 Å². The maximum atomic E-state index is 13.1. The van der Waals surface area contributed by atoms with E-state index in [0.29, 0.717) is 12.2 Å². The average Bonchev–Trinajstić information content (AvgIpc) is 3.46. The molecule has 29 heavy (non-hydrogen) atoms. The van der Waals surface area contributed by atoms with Gasteiger partial charge in [-0.1, -0.05) is 40.2 Å². The minimum absolute atomic E-state index is 0.0952. The molecule has 2 N–H and O–H groups in total. The number of hydrazine groups is 1. The molecule has 3 atom stereocenters. The number of nitrogens with one attached hydrogen (secondary N) is 2. The van der Waals surface area contributed by atoms with Gasteiger partial charge in [0.1, 0.15) is 5.75 Å². The zero-order chi connectivity index (χ0) is 21.2. The second-order valence-electron chi connectivity index (χ2n) is 6.73. The first-order valence-corrected chi connectivity index (χ1v) is 9.64. The molecule has 0 radical (unpaired) electrons. The fourth-order valence-corrected chi connectivity index (χ4v) is 3.40. The summed E-state index contributed by atoms with van der Waals surface area (Å²) in [4.78, 5) is 24.3. The van der Waals surface area contributed by atoms with Gasteiger partial charge in [0.05, 0.1) is 5.56 Å². The lowest BCUT2D eigenvalue weighted by Crippen LogP contribution is -2.47. The molecule has 0 bridgehead atoms. The fourth-order valence-electron chi connectivity index (χ4n) is 3.02. The van der Waals surface area contributed by atoms with Crippen molar-refractivity contribution in [3.8, 4) is 5.75 Å². The largest absolute Gasteiger partial charge is 0.481 e. The maximum absolute atomic E-state index is 13.1. The third-order valence-electron chi connectivity index (χ3n) is 4.58. The summed E-state index contributed by atoms with van der Waals surface area (Å²) in [5.74, 6) is -1.79. The molecule has 1 fully saturated rings. The molecule has 3 unspecified atom stereocenters. The molecule has 0 saturated heterocycles. The summed E-state index contributed by atoms with van der Waals surface area (Å²) in [6.07, 6.45) is -5.07. The summed E-state index contributed by atoms with van der Waals surface area (Å²) in [5.41, 5.74) is 3.89. The lowest BCUT2D eigenvalue weighted by molar-refractivity contribution is -0.138. The zero-order valence-corrected chi connectivity index (χ0v) is 16.9. The molecule has 154 valence electrons. The van der Waals surface area contributed by atoms with Gasteiger partial charge in [0.2, 0.25) is 5.91 Å². The molecule has 1 aliphatic rings. The molecule has 3 rings (SSSR count). The van der Waals surface area contributed by atoms with E-state index in [0.717, 1.165) is 10.5 Å². The van der Waals surface area contributed by atoms with Gasteiger partial charge in [-0.15, -0.1) is 0 Å². The van der Waals surface area contributed by atoms with Gasteiger partial charge < -0.3 is 4.74 Å². The Hall–Kier alpha value is -2.55. The highest BCUT2D eigenvalue weighted by atomic mass is 79.9. The van der Waals surface area contributed by atoms with Crippen molar-refractivity contribution in [1.29, 1.82) is 0 Å². The number of hydrogen-bond donors (Lipinski definition) is 2. The molecule has 0 aromatic heterocycles. The smallest absolute Gasteiger partial charge is 0.416 e. The van der Waals surface area contributed by atoms with Crippen molar-refractivity contribution in [2.45, 2.75) is 31.5 Å². The van der Waals surface area contributed by atoms with Crippen LogP contribution in [0.4, 0.5) is 13.2 Å². The van der Waals surface area contributed by atoms with Crippen LogP contribution in [0.15, 0.2) is 53.0 Å². The first kappa shape index (κ1) is 21.2. The standard InChI is InChI=1S/C20H18BrF3N2O3/c1-11(29-13-6-4-5-12(21)9-13)18(27)25-26-19(28)16-10-15(16)14-7-2-3-8-17(14)20(22,23)24/h2-9,11,15-16H,10H2,1H3,(H,25,27)(H,26,28). The third kappa shape index (κ3) is 5.29. The predicted molar refractivity (Wildman–Crippen MR) is 103 cm³/mol. The van der Waals surface area contributed by atoms with E-state index in [4.69, 9.17) is 4.74 Å². The van der Waals surface area contributed by atoms with Crippen molar-refractivity contribution in [3.05, 3.63) is 64.1 Å². The Morgan fingerprint density at radius 3 is 2.55 bits per heavy atom. The Morgan fingerprint density at radius 2 is 1.86 bits per heavy atom. The molecular weight excluding hydrogens is 453 g/mol. The topological polar surface area (TPSA) is 67.4 Å². The molecule has 0 heterocycles. The van der Waals surface area contributed by atoms with Gasteiger partial charge in [0.25, 0.3) is 5.91 Å². The van der Waals surface area contributed by atoms with Crippen LogP contribution in [0.25, 0.3) is 0 Å². The maximum Gasteiger partial charge on any atom is 0.416 e. The molecule has 2 aromatic rings. The normalized spacial score (nSPS) is 19.2. The van der Waals surface area contributed by atoms with E-state index in [-0.39, 0.29) is 5.56 Å². The lowest BCUT2D eigenvalue weighted by atomic mass is 10.0. The Labute approximate surface area is 173 Å². The summed E-state index contributed by atoms with van der Waals surface area (Å²) in [6, 6.07) is 12.1. The highest BCUT2D eigenvalue weighted by molar-refractivity contribution is 9.10. The number of rotatable bonds is 5. The minimum atomic E-state index is -4.48. The highest BCUT2D eigenvalue weighted by Crippen LogP contribution is 2.50. The van der Waals surface area contributed by atoms with E-state index in [2.05, 4.69) is 26.8 Å². The predicted octanol–water partition coefficient (Wildman–Crippen LogP) is 4.19. The number of amides is 2. The summed E-state index contributed by atoms with van der Waals surface area (Å²) >= 11 is 3.30. The Balaban J connectivity index is 1.53. The number of benzene rings is 2. The van der Waals surface area contributed by atoms with Crippen molar-refractivity contribution >= 4 is 27.7 Å². The molecule has 0 aliphatic heterocycles. The molecule has 0 spiro atoms. The summed E-state index contributed by atoms with van der Waals surface area (Å²) < 4.78 is 45.7. The van der Waals surface area contributed by atoms with Crippen LogP contribution in [0.1, 0.15) is 30.4 Å². The van der Waals surface area contributed by atoms with Crippen LogP contribution < -0.4 is 15.6 Å². The second-order valence-corrected chi connectivity index (χ2v) is 7.65. The van der Waals surface area contributed by atoms with Crippen LogP contribution in [0.3, 0.4) is 0 Å². The van der Waals surface area contributed by atoms with Crippen molar-refractivity contribution < 1.29 is 27.5 Å². The average molecular weight is 471 g/mol. The van der Waals surface area contributed by atoms with Gasteiger partial charge >= 0.3 is 6.18 Å². The molecule has 1 saturated carbocycles. The number of ether oxygens (including phenoxy) is 1. The highest BCUT2D eigenvalue weighted by Gasteiger charge is 2.48. The number of hydrogen-bond acceptors (Lipinski definition) is 3. The van der Waals surface area contributed by atoms with Crippen LogP contribution in [-0.2, 0) is 15.8 Å². The minimum Gasteiger partial charge on any atom is -0.481 e. The summed E-state index contributed by atoms with van der Waals surface area (Å²) in [5, 5.41) is 0. The summed E-state index contributed by atoms with van der Waals surface area (Å²) in [6.45, 7) is 1.52. The SMILES string of the molecule is CC(Oc1cccc(Br)c1)C(=O)NNC(=O)C1CC1c1ccccc1C(F)(F)F. The van der Waals surface area contributed by atoms with Gasteiger partial charge in [0.15, 0.2) is 6.10 Å². The number of carbonyl (C=O) groups is 2. The quantitative estimate of drug-likeness (QED) is 0.643. The molecule has 5 nitrogen and oxygen atoms in total. The van der Waals surface area contributed by atoms with Crippen molar-refractivity contribution in [3.63, 3.8) is 0 Å². The van der Waals surface area contributed by atoms with Crippen LogP contribution in [-0.4, -0.2) is 17.9 Å². The lowest BCUT2D eigenvalue weighted by Gasteiger charge is -2.15. The van der Waals surface area contributed by atoms with E-state index >= 15 is 0 Å². The zero-order valence-electron chi connectivity index (χ0n) is 15.3. The second kappa shape index (κ2) is 8.44. The van der Waals surface area contributed by atoms with Crippen LogP contribution in [0, 0.1) is 5.92 Å². The van der Waals surface area contributed by atoms with Crippen LogP contribution in [0.2, 0.25) is 0 Å². The van der Waals surface area contributed by atoms with Gasteiger partial charge in [-0.2, -0.15) is 13.2 Å². The number of carbonyl (C=O) groups excluding carboxylic acids is 2. The first-order chi connectivity index (χ1) is 13.7. The van der Waals surface area contributed by atoms with Crippen molar-refractivity contribution in [1.82, 2.24) is 10.9 Å². The monoisotopic (exact) mass is 470 g/mol. The van der Waals surface area contributed by atoms with E-state index in [1.807, 2.05) is 0 Å². The van der Waals surface area contributed by atoms with E-state index in [9.17, 15) is 22.8 Å². The number of alkyl halides is 3. The Bertz CT molecular complexity index is 920. The van der Waals surface area contributed by atoms with Gasteiger partial charge in [0, 0.05) is 10.4 Å². The van der Waals surface area contributed by atoms with Gasteiger partial charge in [-0.25, -0.2) is 0 Å². The fraction of sp³-hybridized carbons (Fsp3) is 0.300. The molecular formula is C20H18BrF3N2O3. The van der Waals surface area contributed by atoms with E-state index in [1.165, 1.54) is 25.1 Å². The Kier molecular flexibility index (Phi) is 6.16. The van der Waals surface area contributed by atoms with Gasteiger partial charge in [-0.05, 0) is 49.1 Å². The molecule has 2 aromatic carbocycles. The summed E-state index contributed by atoms with van der Waals surface area (Å²) in [7, 11) is 0. The number of halogens is 4. The van der Waals surface area contributed by atoms with Crippen molar-refractivity contribution in [2.75, 3.05) is 0 Å². The molecule has 2 amide bonds. The molecule has 1 aliphatic carbocycles. The Morgan fingerprint density at radius 1 is 1.14 bits per heavy atom. The third-order valence-corrected chi connectivity index (χ3v) is 5.07.